The molecule has 0 bridgehead atoms. The number of pyridine rings is 1. The fourth-order valence-corrected chi connectivity index (χ4v) is 3.72. The summed E-state index contributed by atoms with van der Waals surface area (Å²) < 4.78 is 5.47. The first-order valence-corrected chi connectivity index (χ1v) is 9.12. The molecule has 0 amide bonds. The molecule has 7 heteroatoms. The van der Waals surface area contributed by atoms with Crippen LogP contribution in [-0.2, 0) is 4.74 Å². The lowest BCUT2D eigenvalue weighted by atomic mass is 9.91. The van der Waals surface area contributed by atoms with E-state index < -0.39 is 0 Å². The smallest absolute Gasteiger partial charge is 0.205 e. The quantitative estimate of drug-likeness (QED) is 0.457. The van der Waals surface area contributed by atoms with E-state index in [9.17, 15) is 0 Å². The fourth-order valence-electron chi connectivity index (χ4n) is 3.57. The second kappa shape index (κ2) is 6.30. The van der Waals surface area contributed by atoms with Crippen molar-refractivity contribution < 1.29 is 4.74 Å². The number of aromatic amines is 2. The molecule has 4 heterocycles. The summed E-state index contributed by atoms with van der Waals surface area (Å²) in [5.74, 6) is 1.25. The fraction of sp³-hybridized carbons (Fsp3) is 0.263. The standard InChI is InChI=1S/C19H18ClN5O/c20-17-4-3-14-18(25-17)16(10-21-14)24-19-22-13-2-1-12(9-15(13)23-19)11-5-7-26-8-6-11/h1-4,9-11,21H,5-8H2,(H2,22,23,24). The zero-order valence-electron chi connectivity index (χ0n) is 14.1. The highest BCUT2D eigenvalue weighted by Crippen LogP contribution is 2.30. The minimum Gasteiger partial charge on any atom is -0.381 e. The minimum absolute atomic E-state index is 0.464. The van der Waals surface area contributed by atoms with Crippen molar-refractivity contribution >= 4 is 45.3 Å². The topological polar surface area (TPSA) is 78.6 Å². The van der Waals surface area contributed by atoms with Crippen molar-refractivity contribution in [2.75, 3.05) is 18.5 Å². The predicted molar refractivity (Wildman–Crippen MR) is 103 cm³/mol. The van der Waals surface area contributed by atoms with Crippen LogP contribution >= 0.6 is 11.6 Å². The molecule has 1 aliphatic rings. The molecule has 0 radical (unpaired) electrons. The molecule has 0 spiro atoms. The second-order valence-electron chi connectivity index (χ2n) is 6.61. The van der Waals surface area contributed by atoms with E-state index in [1.165, 1.54) is 5.56 Å². The van der Waals surface area contributed by atoms with Gasteiger partial charge >= 0.3 is 0 Å². The molecule has 4 aromatic rings. The lowest BCUT2D eigenvalue weighted by Crippen LogP contribution is -2.13. The van der Waals surface area contributed by atoms with E-state index in [-0.39, 0.29) is 0 Å². The first-order chi connectivity index (χ1) is 12.8. The van der Waals surface area contributed by atoms with Crippen LogP contribution in [0.15, 0.2) is 36.5 Å². The molecule has 132 valence electrons. The number of hydrogen-bond donors (Lipinski definition) is 3. The van der Waals surface area contributed by atoms with Gasteiger partial charge in [0.2, 0.25) is 5.95 Å². The Balaban J connectivity index is 1.46. The van der Waals surface area contributed by atoms with Gasteiger partial charge in [0.05, 0.1) is 22.2 Å². The van der Waals surface area contributed by atoms with Gasteiger partial charge in [-0.2, -0.15) is 0 Å². The lowest BCUT2D eigenvalue weighted by molar-refractivity contribution is 0.0853. The number of fused-ring (bicyclic) bond motifs is 2. The van der Waals surface area contributed by atoms with Gasteiger partial charge in [0.1, 0.15) is 10.7 Å². The van der Waals surface area contributed by atoms with Gasteiger partial charge in [0.15, 0.2) is 0 Å². The first-order valence-electron chi connectivity index (χ1n) is 8.74. The van der Waals surface area contributed by atoms with E-state index in [0.717, 1.165) is 53.8 Å². The summed E-state index contributed by atoms with van der Waals surface area (Å²) in [5.41, 5.74) is 5.87. The normalized spacial score (nSPS) is 15.7. The highest BCUT2D eigenvalue weighted by atomic mass is 35.5. The molecule has 1 fully saturated rings. The summed E-state index contributed by atoms with van der Waals surface area (Å²) in [6, 6.07) is 10.1. The number of benzene rings is 1. The number of nitrogens with one attached hydrogen (secondary N) is 3. The molecular formula is C19H18ClN5O. The number of imidazole rings is 1. The first kappa shape index (κ1) is 15.7. The Morgan fingerprint density at radius 1 is 1.08 bits per heavy atom. The maximum absolute atomic E-state index is 6.02. The van der Waals surface area contributed by atoms with E-state index >= 15 is 0 Å². The van der Waals surface area contributed by atoms with Crippen LogP contribution in [0.4, 0.5) is 11.6 Å². The van der Waals surface area contributed by atoms with Gasteiger partial charge < -0.3 is 20.0 Å². The molecule has 1 aliphatic heterocycles. The average molecular weight is 368 g/mol. The summed E-state index contributed by atoms with van der Waals surface area (Å²) >= 11 is 6.02. The maximum Gasteiger partial charge on any atom is 0.205 e. The third kappa shape index (κ3) is 2.81. The van der Waals surface area contributed by atoms with Crippen LogP contribution < -0.4 is 5.32 Å². The Kier molecular flexibility index (Phi) is 3.80. The van der Waals surface area contributed by atoms with E-state index in [1.54, 1.807) is 6.07 Å². The number of anilines is 2. The van der Waals surface area contributed by atoms with E-state index in [4.69, 9.17) is 16.3 Å². The molecule has 5 rings (SSSR count). The highest BCUT2D eigenvalue weighted by Gasteiger charge is 2.17. The molecule has 6 nitrogen and oxygen atoms in total. The van der Waals surface area contributed by atoms with Crippen LogP contribution in [0, 0.1) is 0 Å². The molecule has 3 aromatic heterocycles. The van der Waals surface area contributed by atoms with Crippen LogP contribution in [-0.4, -0.2) is 33.1 Å². The molecular weight excluding hydrogens is 350 g/mol. The summed E-state index contributed by atoms with van der Waals surface area (Å²) in [6.07, 6.45) is 4.02. The van der Waals surface area contributed by atoms with Gasteiger partial charge in [-0.1, -0.05) is 17.7 Å². The van der Waals surface area contributed by atoms with Crippen molar-refractivity contribution in [3.63, 3.8) is 0 Å². The molecule has 0 unspecified atom stereocenters. The Morgan fingerprint density at radius 2 is 1.96 bits per heavy atom. The van der Waals surface area contributed by atoms with Gasteiger partial charge in [-0.15, -0.1) is 0 Å². The van der Waals surface area contributed by atoms with Crippen molar-refractivity contribution in [3.05, 3.63) is 47.2 Å². The second-order valence-corrected chi connectivity index (χ2v) is 6.99. The minimum atomic E-state index is 0.464. The van der Waals surface area contributed by atoms with Crippen molar-refractivity contribution in [1.82, 2.24) is 19.9 Å². The maximum atomic E-state index is 6.02. The van der Waals surface area contributed by atoms with Crippen LogP contribution in [0.3, 0.4) is 0 Å². The molecule has 1 saturated heterocycles. The van der Waals surface area contributed by atoms with Gasteiger partial charge in [-0.05, 0) is 48.6 Å². The van der Waals surface area contributed by atoms with Crippen LogP contribution in [0.1, 0.15) is 24.3 Å². The monoisotopic (exact) mass is 367 g/mol. The number of nitrogens with zero attached hydrogens (tertiary/aromatic N) is 2. The number of aromatic nitrogens is 4. The largest absolute Gasteiger partial charge is 0.381 e. The summed E-state index contributed by atoms with van der Waals surface area (Å²) in [5, 5.41) is 3.77. The zero-order valence-corrected chi connectivity index (χ0v) is 14.8. The Labute approximate surface area is 154 Å². The van der Waals surface area contributed by atoms with Gasteiger partial charge in [0.25, 0.3) is 0 Å². The average Bonchev–Trinajstić information content (AvgIpc) is 3.25. The van der Waals surface area contributed by atoms with Crippen molar-refractivity contribution in [2.24, 2.45) is 0 Å². The lowest BCUT2D eigenvalue weighted by Gasteiger charge is -2.22. The Bertz CT molecular complexity index is 1080. The SMILES string of the molecule is Clc1ccc2[nH]cc(Nc3nc4ccc(C5CCOCC5)cc4[nH]3)c2n1. The predicted octanol–water partition coefficient (Wildman–Crippen LogP) is 4.73. The number of H-pyrrole nitrogens is 2. The number of ether oxygens (including phenoxy) is 1. The van der Waals surface area contributed by atoms with Crippen LogP contribution in [0.25, 0.3) is 22.1 Å². The summed E-state index contributed by atoms with van der Waals surface area (Å²) in [6.45, 7) is 1.68. The van der Waals surface area contributed by atoms with Gasteiger partial charge in [0, 0.05) is 19.4 Å². The number of halogens is 1. The summed E-state index contributed by atoms with van der Waals surface area (Å²) in [7, 11) is 0. The molecule has 1 aromatic carbocycles. The molecule has 26 heavy (non-hydrogen) atoms. The van der Waals surface area contributed by atoms with Gasteiger partial charge in [-0.3, -0.25) is 0 Å². The van der Waals surface area contributed by atoms with E-state index in [1.807, 2.05) is 12.3 Å². The van der Waals surface area contributed by atoms with Crippen molar-refractivity contribution in [3.8, 4) is 0 Å². The molecule has 0 aliphatic carbocycles. The summed E-state index contributed by atoms with van der Waals surface area (Å²) in [4.78, 5) is 15.6. The zero-order chi connectivity index (χ0) is 17.5. The number of rotatable bonds is 3. The van der Waals surface area contributed by atoms with Crippen molar-refractivity contribution in [1.29, 1.82) is 0 Å². The van der Waals surface area contributed by atoms with Crippen molar-refractivity contribution in [2.45, 2.75) is 18.8 Å². The third-order valence-corrected chi connectivity index (χ3v) is 5.15. The molecule has 3 N–H and O–H groups in total. The van der Waals surface area contributed by atoms with E-state index in [2.05, 4.69) is 43.5 Å². The third-order valence-electron chi connectivity index (χ3n) is 4.94. The molecule has 0 saturated carbocycles. The molecule has 0 atom stereocenters. The number of hydrogen-bond acceptors (Lipinski definition) is 4. The van der Waals surface area contributed by atoms with Gasteiger partial charge in [-0.25, -0.2) is 9.97 Å². The highest BCUT2D eigenvalue weighted by molar-refractivity contribution is 6.29. The van der Waals surface area contributed by atoms with Crippen LogP contribution in [0.5, 0.6) is 0 Å². The van der Waals surface area contributed by atoms with Crippen LogP contribution in [0.2, 0.25) is 5.15 Å². The van der Waals surface area contributed by atoms with E-state index in [0.29, 0.717) is 17.0 Å². The Hall–Kier alpha value is -2.57. The Morgan fingerprint density at radius 3 is 2.85 bits per heavy atom.